The monoisotopic (exact) mass is 711 g/mol. The van der Waals surface area contributed by atoms with Crippen LogP contribution in [0.15, 0.2) is 49.2 Å². The van der Waals surface area contributed by atoms with Crippen LogP contribution in [0.3, 0.4) is 0 Å². The molecule has 0 radical (unpaired) electrons. The van der Waals surface area contributed by atoms with Crippen LogP contribution < -0.4 is 50.4 Å². The maximum atomic E-state index is 9.13. The summed E-state index contributed by atoms with van der Waals surface area (Å²) >= 11 is 0. The first-order chi connectivity index (χ1) is 24.5. The fourth-order valence-electron chi connectivity index (χ4n) is 7.28. The predicted molar refractivity (Wildman–Crippen MR) is 197 cm³/mol. The third-order valence-corrected chi connectivity index (χ3v) is 9.37. The molecule has 0 aromatic heterocycles. The van der Waals surface area contributed by atoms with E-state index < -0.39 is 16.6 Å². The second-order valence-electron chi connectivity index (χ2n) is 12.3. The van der Waals surface area contributed by atoms with Gasteiger partial charge in [0.15, 0.2) is 17.9 Å². The molecule has 3 fully saturated rings. The number of hydrogen-bond acceptors (Lipinski definition) is 18. The van der Waals surface area contributed by atoms with Crippen LogP contribution in [0, 0.1) is 34.0 Å². The summed E-state index contributed by atoms with van der Waals surface area (Å²) in [5.74, 6) is 2.08. The Morgan fingerprint density at radius 3 is 0.804 bits per heavy atom. The largest absolute Gasteiger partial charge is 0.400 e. The van der Waals surface area contributed by atoms with Gasteiger partial charge in [-0.25, -0.2) is 15.0 Å². The highest BCUT2D eigenvalue weighted by Gasteiger charge is 2.42. The number of guanidine groups is 3. The number of nitrogens with one attached hydrogen (secondary N) is 3. The molecule has 0 bridgehead atoms. The number of aliphatic hydroxyl groups excluding tert-OH is 3. The number of aliphatic imine (C=N–C) groups is 3. The summed E-state index contributed by atoms with van der Waals surface area (Å²) in [6.07, 6.45) is 15.3. The molecule has 3 aliphatic carbocycles. The van der Waals surface area contributed by atoms with Crippen LogP contribution in [0.2, 0.25) is 0 Å². The molecule has 282 valence electrons. The molecule has 18 nitrogen and oxygen atoms in total. The summed E-state index contributed by atoms with van der Waals surface area (Å²) < 4.78 is 0. The third-order valence-electron chi connectivity index (χ3n) is 9.37. The van der Waals surface area contributed by atoms with E-state index in [2.05, 4.69) is 49.1 Å². The van der Waals surface area contributed by atoms with Gasteiger partial charge in [0.05, 0.1) is 16.7 Å². The Labute approximate surface area is 300 Å². The van der Waals surface area contributed by atoms with E-state index in [1.807, 2.05) is 0 Å². The second-order valence-corrected chi connectivity index (χ2v) is 12.3. The Balaban J connectivity index is 0.000000356. The lowest BCUT2D eigenvalue weighted by molar-refractivity contribution is 0.343. The molecule has 0 unspecified atom stereocenters. The highest BCUT2D eigenvalue weighted by atomic mass is 16.2. The van der Waals surface area contributed by atoms with Gasteiger partial charge in [-0.05, 0) is 38.5 Å². The van der Waals surface area contributed by atoms with Crippen molar-refractivity contribution in [2.75, 3.05) is 21.3 Å². The predicted octanol–water partition coefficient (Wildman–Crippen LogP) is -0.271. The summed E-state index contributed by atoms with van der Waals surface area (Å²) in [6.45, 7) is 0. The molecule has 18 N–H and O–H groups in total. The minimum atomic E-state index is -0.438. The van der Waals surface area contributed by atoms with E-state index in [0.29, 0.717) is 52.1 Å². The topological polar surface area (TPSA) is 361 Å². The molecule has 0 saturated heterocycles. The molecule has 3 spiro atoms. The van der Waals surface area contributed by atoms with Gasteiger partial charge in [-0.1, -0.05) is 57.8 Å². The molecule has 3 saturated carbocycles. The minimum absolute atomic E-state index is 0.327. The number of nitriles is 3. The zero-order chi connectivity index (χ0) is 38.7. The summed E-state index contributed by atoms with van der Waals surface area (Å²) in [6, 6.07) is 6.49. The number of nitrogens with zero attached hydrogens (tertiary/aromatic N) is 6. The van der Waals surface area contributed by atoms with Gasteiger partial charge in [0.1, 0.15) is 52.3 Å². The first kappa shape index (κ1) is 43.8. The zero-order valence-corrected chi connectivity index (χ0v) is 30.1. The van der Waals surface area contributed by atoms with Crippen LogP contribution in [-0.2, 0) is 0 Å². The molecular weight excluding hydrogens is 654 g/mol. The van der Waals surface area contributed by atoms with Crippen molar-refractivity contribution in [2.45, 2.75) is 113 Å². The van der Waals surface area contributed by atoms with Crippen molar-refractivity contribution in [1.82, 2.24) is 16.0 Å². The highest BCUT2D eigenvalue weighted by molar-refractivity contribution is 5.83. The Hall–Kier alpha value is -5.22. The van der Waals surface area contributed by atoms with Crippen LogP contribution in [0.5, 0.6) is 0 Å². The third kappa shape index (κ3) is 10.6. The molecule has 51 heavy (non-hydrogen) atoms. The van der Waals surface area contributed by atoms with Gasteiger partial charge in [0, 0.05) is 21.3 Å². The summed E-state index contributed by atoms with van der Waals surface area (Å²) in [7, 11) is 3.00. The fraction of sp³-hybridized carbons (Fsp3) is 0.636. The van der Waals surface area contributed by atoms with Crippen LogP contribution in [-0.4, -0.2) is 71.1 Å². The number of aliphatic hydroxyl groups is 3. The molecule has 3 aliphatic heterocycles. The standard InChI is InChI=1S/3C10H15N5.3CH4O/c3*11-6-7-8(12)14-9(13)15-10(7)4-2-1-3-5-10;3*1-2/h3*1-5,12H2,(H3,13,14,15);3*2H,1H3. The van der Waals surface area contributed by atoms with Crippen LogP contribution in [0.4, 0.5) is 0 Å². The number of hydrogen-bond donors (Lipinski definition) is 12. The lowest BCUT2D eigenvalue weighted by atomic mass is 9.76. The van der Waals surface area contributed by atoms with Crippen molar-refractivity contribution in [2.24, 2.45) is 49.4 Å². The quantitative estimate of drug-likeness (QED) is 0.154. The van der Waals surface area contributed by atoms with E-state index in [1.54, 1.807) is 0 Å². The van der Waals surface area contributed by atoms with E-state index in [9.17, 15) is 0 Å². The molecule has 6 aliphatic rings. The van der Waals surface area contributed by atoms with Gasteiger partial charge in [-0.3, -0.25) is 0 Å². The Kier molecular flexibility index (Phi) is 18.1. The molecule has 0 amide bonds. The normalized spacial score (nSPS) is 21.8. The molecule has 3 heterocycles. The summed E-state index contributed by atoms with van der Waals surface area (Å²) in [5, 5.41) is 56.5. The van der Waals surface area contributed by atoms with Crippen molar-refractivity contribution >= 4 is 17.9 Å². The van der Waals surface area contributed by atoms with Crippen molar-refractivity contribution in [3.63, 3.8) is 0 Å². The molecular formula is C33H57N15O3. The number of nitrogens with two attached hydrogens (primary N) is 6. The lowest BCUT2D eigenvalue weighted by Crippen LogP contribution is -2.47. The molecule has 6 rings (SSSR count). The minimum Gasteiger partial charge on any atom is -0.400 e. The lowest BCUT2D eigenvalue weighted by Gasteiger charge is -2.36. The average molecular weight is 712 g/mol. The zero-order valence-electron chi connectivity index (χ0n) is 30.1. The van der Waals surface area contributed by atoms with Gasteiger partial charge < -0.3 is 65.7 Å². The van der Waals surface area contributed by atoms with Crippen LogP contribution in [0.25, 0.3) is 0 Å². The SMILES string of the molecule is CO.CO.CO.N#CC1=C(N)NC(N)=NC12CCCCC2.N#CC1=C(N)NC(N)=NC12CCCCC2.N#CC1=C(N)NC(N)=NC12CCCCC2. The smallest absolute Gasteiger partial charge is 0.195 e. The molecule has 18 heteroatoms. The fourth-order valence-corrected chi connectivity index (χ4v) is 7.28. The van der Waals surface area contributed by atoms with E-state index in [-0.39, 0.29) is 0 Å². The van der Waals surface area contributed by atoms with E-state index in [0.717, 1.165) is 98.4 Å². The van der Waals surface area contributed by atoms with E-state index in [4.69, 9.17) is 65.5 Å². The molecule has 0 aromatic carbocycles. The second kappa shape index (κ2) is 21.1. The summed E-state index contributed by atoms with van der Waals surface area (Å²) in [4.78, 5) is 13.2. The Morgan fingerprint density at radius 1 is 0.431 bits per heavy atom. The van der Waals surface area contributed by atoms with Gasteiger partial charge in [-0.2, -0.15) is 15.8 Å². The van der Waals surface area contributed by atoms with Crippen LogP contribution in [0.1, 0.15) is 96.3 Å². The van der Waals surface area contributed by atoms with E-state index >= 15 is 0 Å². The highest BCUT2D eigenvalue weighted by Crippen LogP contribution is 2.41. The van der Waals surface area contributed by atoms with Crippen molar-refractivity contribution < 1.29 is 15.3 Å². The molecule has 0 atom stereocenters. The van der Waals surface area contributed by atoms with Crippen molar-refractivity contribution in [3.8, 4) is 18.2 Å². The van der Waals surface area contributed by atoms with Crippen molar-refractivity contribution in [1.29, 1.82) is 15.8 Å². The Bertz CT molecular complexity index is 1300. The Morgan fingerprint density at radius 2 is 0.627 bits per heavy atom. The van der Waals surface area contributed by atoms with E-state index in [1.165, 1.54) is 19.3 Å². The van der Waals surface area contributed by atoms with Gasteiger partial charge >= 0.3 is 0 Å². The summed E-state index contributed by atoms with van der Waals surface area (Å²) in [5.41, 5.74) is 34.6. The van der Waals surface area contributed by atoms with Gasteiger partial charge in [-0.15, -0.1) is 0 Å². The van der Waals surface area contributed by atoms with Gasteiger partial charge in [0.25, 0.3) is 0 Å². The van der Waals surface area contributed by atoms with Crippen LogP contribution >= 0.6 is 0 Å². The average Bonchev–Trinajstić information content (AvgIpc) is 3.12. The molecule has 0 aromatic rings. The van der Waals surface area contributed by atoms with Crippen molar-refractivity contribution in [3.05, 3.63) is 34.2 Å². The first-order valence-corrected chi connectivity index (χ1v) is 17.0. The number of rotatable bonds is 0. The maximum Gasteiger partial charge on any atom is 0.195 e. The van der Waals surface area contributed by atoms with Gasteiger partial charge in [0.2, 0.25) is 0 Å². The maximum absolute atomic E-state index is 9.13. The first-order valence-electron chi connectivity index (χ1n) is 17.0.